The average Bonchev–Trinajstić information content (AvgIpc) is 3.43. The van der Waals surface area contributed by atoms with Crippen LogP contribution in [-0.2, 0) is 9.53 Å². The molecule has 5 nitrogen and oxygen atoms in total. The van der Waals surface area contributed by atoms with Crippen LogP contribution >= 0.6 is 0 Å². The smallest absolute Gasteiger partial charge is 0.409 e. The first-order valence-corrected chi connectivity index (χ1v) is 9.41. The fourth-order valence-corrected chi connectivity index (χ4v) is 3.43. The van der Waals surface area contributed by atoms with Crippen molar-refractivity contribution in [3.8, 4) is 0 Å². The van der Waals surface area contributed by atoms with Gasteiger partial charge < -0.3 is 14.5 Å². The van der Waals surface area contributed by atoms with Crippen molar-refractivity contribution in [2.75, 3.05) is 32.8 Å². The molecule has 2 unspecified atom stereocenters. The Kier molecular flexibility index (Phi) is 5.79. The minimum atomic E-state index is -0.288. The molecule has 1 saturated heterocycles. The first-order chi connectivity index (χ1) is 12.5. The summed E-state index contributed by atoms with van der Waals surface area (Å²) in [4.78, 5) is 28.4. The molecule has 2 fully saturated rings. The van der Waals surface area contributed by atoms with Crippen molar-refractivity contribution in [3.63, 3.8) is 0 Å². The molecule has 1 heterocycles. The van der Waals surface area contributed by atoms with Gasteiger partial charge in [-0.2, -0.15) is 0 Å². The highest BCUT2D eigenvalue weighted by atomic mass is 19.1. The second kappa shape index (κ2) is 8.06. The number of carbonyl (C=O) groups excluding carboxylic acids is 2. The largest absolute Gasteiger partial charge is 0.449 e. The molecule has 1 aromatic rings. The van der Waals surface area contributed by atoms with Gasteiger partial charge in [-0.1, -0.05) is 26.0 Å². The maximum Gasteiger partial charge on any atom is 0.409 e. The number of benzene rings is 1. The van der Waals surface area contributed by atoms with E-state index in [0.29, 0.717) is 38.7 Å². The van der Waals surface area contributed by atoms with Crippen molar-refractivity contribution >= 4 is 12.0 Å². The van der Waals surface area contributed by atoms with E-state index in [-0.39, 0.29) is 29.7 Å². The Morgan fingerprint density at radius 3 is 2.46 bits per heavy atom. The van der Waals surface area contributed by atoms with E-state index in [0.717, 1.165) is 18.4 Å². The van der Waals surface area contributed by atoms with Gasteiger partial charge in [0.25, 0.3) is 0 Å². The molecule has 1 aliphatic carbocycles. The summed E-state index contributed by atoms with van der Waals surface area (Å²) in [7, 11) is 0. The van der Waals surface area contributed by atoms with Gasteiger partial charge in [0.15, 0.2) is 0 Å². The fraction of sp³-hybridized carbons (Fsp3) is 0.600. The maximum atomic E-state index is 13.0. The molecule has 142 valence electrons. The molecule has 26 heavy (non-hydrogen) atoms. The van der Waals surface area contributed by atoms with E-state index in [9.17, 15) is 14.0 Å². The lowest BCUT2D eigenvalue weighted by Gasteiger charge is -2.22. The van der Waals surface area contributed by atoms with E-state index in [1.54, 1.807) is 17.0 Å². The van der Waals surface area contributed by atoms with Gasteiger partial charge in [-0.25, -0.2) is 9.18 Å². The average molecular weight is 362 g/mol. The van der Waals surface area contributed by atoms with Crippen LogP contribution in [0.2, 0.25) is 0 Å². The van der Waals surface area contributed by atoms with Crippen molar-refractivity contribution in [1.29, 1.82) is 0 Å². The van der Waals surface area contributed by atoms with Crippen LogP contribution in [0.25, 0.3) is 0 Å². The van der Waals surface area contributed by atoms with Crippen LogP contribution in [0, 0.1) is 17.7 Å². The molecule has 2 atom stereocenters. The number of hydrogen-bond donors (Lipinski definition) is 0. The first-order valence-electron chi connectivity index (χ1n) is 9.41. The third-order valence-electron chi connectivity index (χ3n) is 5.01. The van der Waals surface area contributed by atoms with Gasteiger partial charge in [-0.3, -0.25) is 4.79 Å². The molecule has 1 aromatic carbocycles. The number of carbonyl (C=O) groups is 2. The van der Waals surface area contributed by atoms with Crippen LogP contribution in [0.3, 0.4) is 0 Å². The van der Waals surface area contributed by atoms with Crippen LogP contribution in [0.1, 0.15) is 38.2 Å². The maximum absolute atomic E-state index is 13.0. The van der Waals surface area contributed by atoms with E-state index in [1.165, 1.54) is 12.1 Å². The molecule has 1 saturated carbocycles. The van der Waals surface area contributed by atoms with Crippen LogP contribution in [0.15, 0.2) is 24.3 Å². The summed E-state index contributed by atoms with van der Waals surface area (Å²) in [5.74, 6) is 0.381. The lowest BCUT2D eigenvalue weighted by Crippen LogP contribution is -2.38. The first kappa shape index (κ1) is 18.7. The van der Waals surface area contributed by atoms with Crippen molar-refractivity contribution in [1.82, 2.24) is 9.80 Å². The summed E-state index contributed by atoms with van der Waals surface area (Å²) in [6, 6.07) is 6.42. The number of rotatable bonds is 4. The third-order valence-corrected chi connectivity index (χ3v) is 5.01. The lowest BCUT2D eigenvalue weighted by molar-refractivity contribution is -0.132. The summed E-state index contributed by atoms with van der Waals surface area (Å²) in [6.07, 6.45) is 1.29. The SMILES string of the molecule is CC(C)COC(=O)N1CCCN(C(=O)C2CC2c2ccc(F)cc2)CC1. The summed E-state index contributed by atoms with van der Waals surface area (Å²) >= 11 is 0. The molecule has 0 radical (unpaired) electrons. The zero-order valence-electron chi connectivity index (χ0n) is 15.5. The van der Waals surface area contributed by atoms with Crippen LogP contribution in [0.4, 0.5) is 9.18 Å². The molecular weight excluding hydrogens is 335 g/mol. The molecule has 1 aliphatic heterocycles. The fourth-order valence-electron chi connectivity index (χ4n) is 3.43. The van der Waals surface area contributed by atoms with Crippen LogP contribution in [0.5, 0.6) is 0 Å². The predicted molar refractivity (Wildman–Crippen MR) is 96.2 cm³/mol. The number of hydrogen-bond acceptors (Lipinski definition) is 3. The highest BCUT2D eigenvalue weighted by molar-refractivity contribution is 5.83. The summed E-state index contributed by atoms with van der Waals surface area (Å²) in [6.45, 7) is 6.76. The second-order valence-corrected chi connectivity index (χ2v) is 7.64. The normalized spacial score (nSPS) is 22.9. The number of halogens is 1. The van der Waals surface area contributed by atoms with Gasteiger partial charge in [0, 0.05) is 32.1 Å². The van der Waals surface area contributed by atoms with E-state index in [2.05, 4.69) is 0 Å². The molecule has 0 aromatic heterocycles. The lowest BCUT2D eigenvalue weighted by atomic mass is 10.1. The number of ether oxygens (including phenoxy) is 1. The van der Waals surface area contributed by atoms with Gasteiger partial charge in [0.2, 0.25) is 5.91 Å². The molecule has 2 aliphatic rings. The van der Waals surface area contributed by atoms with Crippen molar-refractivity contribution in [2.24, 2.45) is 11.8 Å². The number of nitrogens with zero attached hydrogens (tertiary/aromatic N) is 2. The zero-order valence-corrected chi connectivity index (χ0v) is 15.5. The molecule has 0 spiro atoms. The molecule has 3 rings (SSSR count). The summed E-state index contributed by atoms with van der Waals surface area (Å²) in [5, 5.41) is 0. The zero-order chi connectivity index (χ0) is 18.7. The van der Waals surface area contributed by atoms with Gasteiger partial charge >= 0.3 is 6.09 Å². The monoisotopic (exact) mass is 362 g/mol. The quantitative estimate of drug-likeness (QED) is 0.826. The predicted octanol–water partition coefficient (Wildman–Crippen LogP) is 3.26. The Morgan fingerprint density at radius 1 is 1.12 bits per heavy atom. The van der Waals surface area contributed by atoms with E-state index in [4.69, 9.17) is 4.74 Å². The molecular formula is C20H27FN2O3. The van der Waals surface area contributed by atoms with E-state index < -0.39 is 0 Å². The Morgan fingerprint density at radius 2 is 1.77 bits per heavy atom. The molecule has 0 bridgehead atoms. The summed E-state index contributed by atoms with van der Waals surface area (Å²) < 4.78 is 18.3. The minimum Gasteiger partial charge on any atom is -0.449 e. The van der Waals surface area contributed by atoms with Crippen LogP contribution in [-0.4, -0.2) is 54.6 Å². The standard InChI is InChI=1S/C20H27FN2O3/c1-14(2)13-26-20(25)23-9-3-8-22(10-11-23)19(24)18-12-17(18)15-4-6-16(21)7-5-15/h4-7,14,17-18H,3,8-13H2,1-2H3. The van der Waals surface area contributed by atoms with E-state index in [1.807, 2.05) is 18.7 Å². The van der Waals surface area contributed by atoms with Gasteiger partial charge in [0.05, 0.1) is 6.61 Å². The van der Waals surface area contributed by atoms with Gasteiger partial charge in [-0.05, 0) is 42.4 Å². The topological polar surface area (TPSA) is 49.9 Å². The Hall–Kier alpha value is -2.11. The van der Waals surface area contributed by atoms with Crippen LogP contribution < -0.4 is 0 Å². The van der Waals surface area contributed by atoms with Gasteiger partial charge in [-0.15, -0.1) is 0 Å². The van der Waals surface area contributed by atoms with E-state index >= 15 is 0 Å². The Bertz CT molecular complexity index is 647. The second-order valence-electron chi connectivity index (χ2n) is 7.64. The van der Waals surface area contributed by atoms with Crippen molar-refractivity contribution < 1.29 is 18.7 Å². The van der Waals surface area contributed by atoms with Crippen molar-refractivity contribution in [2.45, 2.75) is 32.6 Å². The summed E-state index contributed by atoms with van der Waals surface area (Å²) in [5.41, 5.74) is 1.03. The highest BCUT2D eigenvalue weighted by Crippen LogP contribution is 2.48. The molecule has 0 N–H and O–H groups in total. The molecule has 6 heteroatoms. The Labute approximate surface area is 154 Å². The third kappa shape index (κ3) is 4.54. The minimum absolute atomic E-state index is 0.0140. The van der Waals surface area contributed by atoms with Gasteiger partial charge in [0.1, 0.15) is 5.82 Å². The molecule has 2 amide bonds. The Balaban J connectivity index is 1.50. The van der Waals surface area contributed by atoms with Crippen molar-refractivity contribution in [3.05, 3.63) is 35.6 Å². The number of amides is 2. The highest BCUT2D eigenvalue weighted by Gasteiger charge is 2.45.